The molecule has 2 N–H and O–H groups in total. The second-order valence-corrected chi connectivity index (χ2v) is 5.78. The van der Waals surface area contributed by atoms with Crippen LogP contribution in [0.1, 0.15) is 31.9 Å². The van der Waals surface area contributed by atoms with E-state index in [1.165, 1.54) is 6.07 Å². The molecule has 5 nitrogen and oxygen atoms in total. The van der Waals surface area contributed by atoms with Gasteiger partial charge in [-0.15, -0.1) is 0 Å². The van der Waals surface area contributed by atoms with Crippen molar-refractivity contribution in [3.63, 3.8) is 0 Å². The molecule has 0 saturated carbocycles. The van der Waals surface area contributed by atoms with Gasteiger partial charge >= 0.3 is 5.97 Å². The van der Waals surface area contributed by atoms with E-state index < -0.39 is 5.97 Å². The number of rotatable bonds is 3. The number of hydrogen-bond donors (Lipinski definition) is 2. The van der Waals surface area contributed by atoms with Crippen molar-refractivity contribution in [3.8, 4) is 6.07 Å². The monoisotopic (exact) mass is 266 g/mol. The molecule has 0 aliphatic carbocycles. The number of H-pyrrole nitrogens is 1. The molecule has 0 bridgehead atoms. The van der Waals surface area contributed by atoms with Crippen LogP contribution in [-0.4, -0.2) is 21.8 Å². The van der Waals surface area contributed by atoms with Crippen molar-refractivity contribution < 1.29 is 9.90 Å². The Morgan fingerprint density at radius 2 is 2.17 bits per heavy atom. The molecule has 6 heteroatoms. The predicted octanol–water partition coefficient (Wildman–Crippen LogP) is 1.72. The lowest BCUT2D eigenvalue weighted by molar-refractivity contribution is -0.133. The average molecular weight is 266 g/mol. The van der Waals surface area contributed by atoms with E-state index in [1.54, 1.807) is 0 Å². The maximum absolute atomic E-state index is 11.5. The Balaban J connectivity index is 3.35. The van der Waals surface area contributed by atoms with Gasteiger partial charge in [0.25, 0.3) is 0 Å². The Morgan fingerprint density at radius 1 is 1.56 bits per heavy atom. The third-order valence-electron chi connectivity index (χ3n) is 2.27. The van der Waals surface area contributed by atoms with E-state index in [0.717, 1.165) is 11.8 Å². The molecular formula is C12H14N2O3S. The fourth-order valence-electron chi connectivity index (χ4n) is 1.48. The zero-order valence-corrected chi connectivity index (χ0v) is 11.2. The molecule has 0 fully saturated rings. The molecule has 0 atom stereocenters. The van der Waals surface area contributed by atoms with Crippen molar-refractivity contribution in [2.24, 2.45) is 0 Å². The van der Waals surface area contributed by atoms with Gasteiger partial charge in [-0.25, -0.2) is 0 Å². The highest BCUT2D eigenvalue weighted by Gasteiger charge is 2.22. The molecule has 0 aromatic carbocycles. The van der Waals surface area contributed by atoms with Gasteiger partial charge in [-0.2, -0.15) is 5.26 Å². The first kappa shape index (κ1) is 14.3. The number of carboxylic acids is 1. The summed E-state index contributed by atoms with van der Waals surface area (Å²) in [6.45, 7) is 5.69. The normalized spacial score (nSPS) is 11.0. The van der Waals surface area contributed by atoms with E-state index in [9.17, 15) is 14.9 Å². The molecule has 1 aromatic heterocycles. The lowest BCUT2D eigenvalue weighted by atomic mass is 9.85. The van der Waals surface area contributed by atoms with Crippen LogP contribution in [0.5, 0.6) is 0 Å². The van der Waals surface area contributed by atoms with E-state index in [2.05, 4.69) is 4.98 Å². The minimum atomic E-state index is -0.995. The van der Waals surface area contributed by atoms with Gasteiger partial charge in [-0.3, -0.25) is 9.59 Å². The lowest BCUT2D eigenvalue weighted by Crippen LogP contribution is -2.20. The van der Waals surface area contributed by atoms with Gasteiger partial charge in [0, 0.05) is 6.07 Å². The quantitative estimate of drug-likeness (QED) is 0.812. The largest absolute Gasteiger partial charge is 0.481 e. The SMILES string of the molecule is CC(C)(C)c1cc(=O)[nH]c(SCC(=O)O)c1C#N. The Bertz CT molecular complexity index is 564. The minimum absolute atomic E-state index is 0.196. The first-order chi connectivity index (χ1) is 8.25. The van der Waals surface area contributed by atoms with Gasteiger partial charge in [0.2, 0.25) is 5.56 Å². The second kappa shape index (κ2) is 5.27. The molecular weight excluding hydrogens is 252 g/mol. The maximum Gasteiger partial charge on any atom is 0.313 e. The van der Waals surface area contributed by atoms with Crippen LogP contribution in [0.4, 0.5) is 0 Å². The molecule has 1 heterocycles. The summed E-state index contributed by atoms with van der Waals surface area (Å²) in [6.07, 6.45) is 0. The summed E-state index contributed by atoms with van der Waals surface area (Å²) in [5.41, 5.74) is 0.291. The third-order valence-corrected chi connectivity index (χ3v) is 3.25. The molecule has 0 radical (unpaired) electrons. The van der Waals surface area contributed by atoms with Gasteiger partial charge in [0.15, 0.2) is 0 Å². The van der Waals surface area contributed by atoms with E-state index in [4.69, 9.17) is 5.11 Å². The number of carbonyl (C=O) groups is 1. The first-order valence-corrected chi connectivity index (χ1v) is 6.26. The number of nitriles is 1. The van der Waals surface area contributed by atoms with Crippen molar-refractivity contribution in [2.45, 2.75) is 31.2 Å². The fourth-order valence-corrected chi connectivity index (χ4v) is 2.22. The summed E-state index contributed by atoms with van der Waals surface area (Å²) in [5.74, 6) is -1.19. The van der Waals surface area contributed by atoms with Crippen molar-refractivity contribution in [3.05, 3.63) is 27.5 Å². The second-order valence-electron chi connectivity index (χ2n) is 4.80. The van der Waals surface area contributed by atoms with Gasteiger partial charge in [-0.05, 0) is 11.0 Å². The number of pyridine rings is 1. The Morgan fingerprint density at radius 3 is 2.61 bits per heavy atom. The number of nitrogens with zero attached hydrogens (tertiary/aromatic N) is 1. The van der Waals surface area contributed by atoms with Crippen molar-refractivity contribution in [1.29, 1.82) is 5.26 Å². The standard InChI is InChI=1S/C12H14N2O3S/c1-12(2,3)8-4-9(15)14-11(7(8)5-13)18-6-10(16)17/h4H,6H2,1-3H3,(H,14,15)(H,16,17). The van der Waals surface area contributed by atoms with Crippen LogP contribution >= 0.6 is 11.8 Å². The fraction of sp³-hybridized carbons (Fsp3) is 0.417. The van der Waals surface area contributed by atoms with Crippen LogP contribution in [0, 0.1) is 11.3 Å². The van der Waals surface area contributed by atoms with Crippen LogP contribution in [0.25, 0.3) is 0 Å². The average Bonchev–Trinajstić information content (AvgIpc) is 2.24. The molecule has 0 aliphatic heterocycles. The van der Waals surface area contributed by atoms with Crippen LogP contribution < -0.4 is 5.56 Å². The zero-order chi connectivity index (χ0) is 13.9. The van der Waals surface area contributed by atoms with Gasteiger partial charge in [-0.1, -0.05) is 32.5 Å². The lowest BCUT2D eigenvalue weighted by Gasteiger charge is -2.21. The Kier molecular flexibility index (Phi) is 4.19. The van der Waals surface area contributed by atoms with E-state index >= 15 is 0 Å². The summed E-state index contributed by atoms with van der Waals surface area (Å²) in [6, 6.07) is 3.43. The molecule has 18 heavy (non-hydrogen) atoms. The number of aromatic amines is 1. The number of aromatic nitrogens is 1. The third kappa shape index (κ3) is 3.37. The molecule has 96 valence electrons. The summed E-state index contributed by atoms with van der Waals surface area (Å²) < 4.78 is 0. The topological polar surface area (TPSA) is 93.9 Å². The number of thioether (sulfide) groups is 1. The highest BCUT2D eigenvalue weighted by molar-refractivity contribution is 7.99. The Labute approximate surface area is 109 Å². The predicted molar refractivity (Wildman–Crippen MR) is 68.8 cm³/mol. The van der Waals surface area contributed by atoms with Crippen LogP contribution in [-0.2, 0) is 10.2 Å². The highest BCUT2D eigenvalue weighted by atomic mass is 32.2. The van der Waals surface area contributed by atoms with Crippen LogP contribution in [0.2, 0.25) is 0 Å². The van der Waals surface area contributed by atoms with Crippen LogP contribution in [0.15, 0.2) is 15.9 Å². The zero-order valence-electron chi connectivity index (χ0n) is 10.4. The van der Waals surface area contributed by atoms with Crippen molar-refractivity contribution in [1.82, 2.24) is 4.98 Å². The summed E-state index contributed by atoms with van der Waals surface area (Å²) in [7, 11) is 0. The van der Waals surface area contributed by atoms with E-state index in [0.29, 0.717) is 16.2 Å². The summed E-state index contributed by atoms with van der Waals surface area (Å²) >= 11 is 0.947. The highest BCUT2D eigenvalue weighted by Crippen LogP contribution is 2.29. The molecule has 1 aromatic rings. The minimum Gasteiger partial charge on any atom is -0.481 e. The molecule has 0 amide bonds. The van der Waals surface area contributed by atoms with E-state index in [1.807, 2.05) is 26.8 Å². The number of aliphatic carboxylic acids is 1. The van der Waals surface area contributed by atoms with E-state index in [-0.39, 0.29) is 16.7 Å². The van der Waals surface area contributed by atoms with Crippen LogP contribution in [0.3, 0.4) is 0 Å². The molecule has 0 unspecified atom stereocenters. The molecule has 0 aliphatic rings. The van der Waals surface area contributed by atoms with Gasteiger partial charge in [0.05, 0.1) is 16.3 Å². The van der Waals surface area contributed by atoms with Crippen molar-refractivity contribution in [2.75, 3.05) is 5.75 Å². The Hall–Kier alpha value is -1.74. The van der Waals surface area contributed by atoms with Gasteiger partial charge < -0.3 is 10.1 Å². The maximum atomic E-state index is 11.5. The van der Waals surface area contributed by atoms with Gasteiger partial charge in [0.1, 0.15) is 6.07 Å². The first-order valence-electron chi connectivity index (χ1n) is 5.28. The number of carboxylic acid groups (broad SMARTS) is 1. The molecule has 0 saturated heterocycles. The molecule has 1 rings (SSSR count). The summed E-state index contributed by atoms with van der Waals surface area (Å²) in [4.78, 5) is 24.6. The summed E-state index contributed by atoms with van der Waals surface area (Å²) in [5, 5.41) is 18.1. The number of hydrogen-bond acceptors (Lipinski definition) is 4. The van der Waals surface area contributed by atoms with Crippen molar-refractivity contribution >= 4 is 17.7 Å². The smallest absolute Gasteiger partial charge is 0.313 e. The molecule has 0 spiro atoms. The number of nitrogens with one attached hydrogen (secondary N) is 1.